The molecule has 0 radical (unpaired) electrons. The third-order valence-electron chi connectivity index (χ3n) is 20.9. The SMILES string of the molecule is CC1=c2c(-c3c(C)c(C)c(C)c4c3-c3c(C)c(C)c(C)c(C)c3C4)c3c(C)c(C)c(C)c(C)c3c(-c3c(C)c(C)c4c(C)c(-c5c(C)c(C)c(C)c(C)c5C)c(C)c(C)c4c3C)c2=C(C)C(C)C1C. The van der Waals surface area contributed by atoms with Gasteiger partial charge in [0.05, 0.1) is 0 Å². The minimum Gasteiger partial charge on any atom is -0.0614 e. The van der Waals surface area contributed by atoms with Crippen LogP contribution in [-0.4, -0.2) is 0 Å². The van der Waals surface area contributed by atoms with Gasteiger partial charge in [0.25, 0.3) is 0 Å². The van der Waals surface area contributed by atoms with E-state index in [0.717, 1.165) is 6.42 Å². The van der Waals surface area contributed by atoms with Crippen LogP contribution < -0.4 is 10.4 Å². The predicted octanol–water partition coefficient (Wildman–Crippen LogP) is 18.0. The van der Waals surface area contributed by atoms with E-state index in [-0.39, 0.29) is 0 Å². The largest absolute Gasteiger partial charge is 0.0614 e. The second-order valence-electron chi connectivity index (χ2n) is 23.1. The quantitative estimate of drug-likeness (QED) is 0.166. The average molecular weight is 911 g/mol. The van der Waals surface area contributed by atoms with Crippen LogP contribution in [0.3, 0.4) is 0 Å². The molecule has 2 unspecified atom stereocenters. The Hall–Kier alpha value is -5.20. The van der Waals surface area contributed by atoms with Crippen LogP contribution in [-0.2, 0) is 6.42 Å². The van der Waals surface area contributed by atoms with Crippen molar-refractivity contribution in [2.24, 2.45) is 11.8 Å². The van der Waals surface area contributed by atoms with Crippen LogP contribution in [0.2, 0.25) is 0 Å². The summed E-state index contributed by atoms with van der Waals surface area (Å²) in [6, 6.07) is 0. The maximum atomic E-state index is 2.51. The van der Waals surface area contributed by atoms with Gasteiger partial charge in [0, 0.05) is 0 Å². The third-order valence-corrected chi connectivity index (χ3v) is 20.9. The minimum atomic E-state index is 0.404. The van der Waals surface area contributed by atoms with Crippen molar-refractivity contribution in [1.82, 2.24) is 0 Å². The normalized spacial score (nSPS) is 15.6. The predicted molar refractivity (Wildman–Crippen MR) is 306 cm³/mol. The van der Waals surface area contributed by atoms with Crippen LogP contribution in [0.25, 0.3) is 77.2 Å². The van der Waals surface area contributed by atoms with E-state index < -0.39 is 0 Å². The van der Waals surface area contributed by atoms with E-state index in [4.69, 9.17) is 0 Å². The van der Waals surface area contributed by atoms with E-state index in [2.05, 4.69) is 180 Å². The van der Waals surface area contributed by atoms with Crippen LogP contribution in [0.15, 0.2) is 0 Å². The molecule has 0 N–H and O–H groups in total. The molecule has 7 aromatic rings. The van der Waals surface area contributed by atoms with Gasteiger partial charge in [-0.2, -0.15) is 0 Å². The summed E-state index contributed by atoms with van der Waals surface area (Å²) in [6.07, 6.45) is 1.00. The molecular weight excluding hydrogens is 829 g/mol. The summed E-state index contributed by atoms with van der Waals surface area (Å²) in [4.78, 5) is 0. The van der Waals surface area contributed by atoms with Crippen molar-refractivity contribution in [2.75, 3.05) is 0 Å². The van der Waals surface area contributed by atoms with E-state index in [1.807, 2.05) is 0 Å². The number of hydrogen-bond acceptors (Lipinski definition) is 0. The van der Waals surface area contributed by atoms with Crippen LogP contribution >= 0.6 is 0 Å². The first-order valence-electron chi connectivity index (χ1n) is 26.3. The van der Waals surface area contributed by atoms with Gasteiger partial charge in [0.15, 0.2) is 0 Å². The first-order valence-corrected chi connectivity index (χ1v) is 26.3. The van der Waals surface area contributed by atoms with Crippen LogP contribution in [0.4, 0.5) is 0 Å². The fourth-order valence-corrected chi connectivity index (χ4v) is 14.6. The highest BCUT2D eigenvalue weighted by molar-refractivity contribution is 6.16. The van der Waals surface area contributed by atoms with Crippen LogP contribution in [0, 0.1) is 164 Å². The fraction of sp³-hybridized carbons (Fsp3) is 0.420. The molecule has 2 atom stereocenters. The monoisotopic (exact) mass is 911 g/mol. The van der Waals surface area contributed by atoms with E-state index >= 15 is 0 Å². The zero-order valence-corrected chi connectivity index (χ0v) is 47.9. The summed E-state index contributed by atoms with van der Waals surface area (Å²) in [5.74, 6) is 0.809. The lowest BCUT2D eigenvalue weighted by molar-refractivity contribution is 0.570. The molecule has 0 bridgehead atoms. The number of hydrogen-bond donors (Lipinski definition) is 0. The molecule has 2 aliphatic rings. The van der Waals surface area contributed by atoms with E-state index in [0.29, 0.717) is 11.8 Å². The van der Waals surface area contributed by atoms with Gasteiger partial charge >= 0.3 is 0 Å². The summed E-state index contributed by atoms with van der Waals surface area (Å²) < 4.78 is 0. The Morgan fingerprint density at radius 1 is 0.203 bits per heavy atom. The second-order valence-corrected chi connectivity index (χ2v) is 23.1. The van der Waals surface area contributed by atoms with Crippen molar-refractivity contribution < 1.29 is 0 Å². The molecule has 0 aliphatic heterocycles. The van der Waals surface area contributed by atoms with E-state index in [1.54, 1.807) is 5.56 Å². The Bertz CT molecular complexity index is 3690. The lowest BCUT2D eigenvalue weighted by Crippen LogP contribution is -2.41. The minimum absolute atomic E-state index is 0.404. The summed E-state index contributed by atoms with van der Waals surface area (Å²) in [7, 11) is 0. The second kappa shape index (κ2) is 16.2. The number of aryl methyl sites for hydroxylation is 6. The van der Waals surface area contributed by atoms with Gasteiger partial charge in [-0.15, -0.1) is 0 Å². The highest BCUT2D eigenvalue weighted by Crippen LogP contribution is 2.54. The molecule has 0 heteroatoms. The summed E-state index contributed by atoms with van der Waals surface area (Å²) in [5.41, 5.74) is 49.4. The van der Waals surface area contributed by atoms with Gasteiger partial charge in [0.1, 0.15) is 0 Å². The topological polar surface area (TPSA) is 0 Å². The first kappa shape index (κ1) is 48.8. The van der Waals surface area contributed by atoms with Crippen molar-refractivity contribution in [1.29, 1.82) is 0 Å². The lowest BCUT2D eigenvalue weighted by atomic mass is 9.70. The molecule has 0 spiro atoms. The molecule has 0 amide bonds. The van der Waals surface area contributed by atoms with Gasteiger partial charge in [-0.05, 0) is 394 Å². The first-order chi connectivity index (χ1) is 32.2. The van der Waals surface area contributed by atoms with Gasteiger partial charge < -0.3 is 0 Å². The van der Waals surface area contributed by atoms with Crippen molar-refractivity contribution in [2.45, 2.75) is 186 Å². The van der Waals surface area contributed by atoms with Gasteiger partial charge in [-0.1, -0.05) is 25.0 Å². The highest BCUT2D eigenvalue weighted by atomic mass is 14.4. The third kappa shape index (κ3) is 6.12. The molecular formula is C69H82. The smallest absolute Gasteiger partial charge is 0.000766 e. The fourth-order valence-electron chi connectivity index (χ4n) is 14.6. The molecule has 2 aliphatic carbocycles. The average Bonchev–Trinajstić information content (AvgIpc) is 3.72. The van der Waals surface area contributed by atoms with Crippen LogP contribution in [0.5, 0.6) is 0 Å². The molecule has 0 saturated carbocycles. The van der Waals surface area contributed by atoms with Crippen molar-refractivity contribution in [3.8, 4) is 44.5 Å². The Morgan fingerprint density at radius 2 is 0.449 bits per heavy atom. The molecule has 0 saturated heterocycles. The maximum Gasteiger partial charge on any atom is -0.000766 e. The molecule has 0 fully saturated rings. The zero-order chi connectivity index (χ0) is 51.0. The number of rotatable bonds is 3. The van der Waals surface area contributed by atoms with Crippen molar-refractivity contribution >= 4 is 32.7 Å². The summed E-state index contributed by atoms with van der Waals surface area (Å²) in [5, 5.41) is 8.80. The molecule has 69 heavy (non-hydrogen) atoms. The molecule has 9 rings (SSSR count). The Kier molecular flexibility index (Phi) is 11.4. The zero-order valence-electron chi connectivity index (χ0n) is 47.9. The lowest BCUT2D eigenvalue weighted by Gasteiger charge is -2.33. The van der Waals surface area contributed by atoms with Crippen molar-refractivity contribution in [3.05, 3.63) is 144 Å². The Labute approximate surface area is 417 Å². The number of fused-ring (bicyclic) bond motifs is 6. The molecule has 0 aromatic heterocycles. The van der Waals surface area contributed by atoms with E-state index in [9.17, 15) is 0 Å². The van der Waals surface area contributed by atoms with Gasteiger partial charge in [0.2, 0.25) is 0 Å². The van der Waals surface area contributed by atoms with Crippen LogP contribution in [0.1, 0.15) is 161 Å². The summed E-state index contributed by atoms with van der Waals surface area (Å²) in [6.45, 7) is 62.8. The molecule has 7 aromatic carbocycles. The maximum absolute atomic E-state index is 2.51. The summed E-state index contributed by atoms with van der Waals surface area (Å²) >= 11 is 0. The van der Waals surface area contributed by atoms with E-state index in [1.165, 1.54) is 216 Å². The van der Waals surface area contributed by atoms with Gasteiger partial charge in [-0.3, -0.25) is 0 Å². The van der Waals surface area contributed by atoms with Crippen molar-refractivity contribution in [3.63, 3.8) is 0 Å². The van der Waals surface area contributed by atoms with Gasteiger partial charge in [-0.25, -0.2) is 0 Å². The Morgan fingerprint density at radius 3 is 0.870 bits per heavy atom. The highest BCUT2D eigenvalue weighted by Gasteiger charge is 2.36. The molecule has 358 valence electrons. The number of benzene rings is 7. The molecule has 0 nitrogen and oxygen atoms in total. The molecule has 0 heterocycles. The standard InChI is InChI=1S/C69H82/c1-28-30(3)40(13)56(41(14)31(28)4)57-48(21)49(22)59-53(26)60(51(24)50(23)58(59)52(57)25)68-62-43(16)33(6)35(8)45(18)64(62)69(65-46(19)36(9)34(7)44(17)63(65)68)66-47(20)37(10)39(12)55-27-54-38(11)29(2)32(5)42(15)61(54)67(55)66/h33,35H,27H2,1-26H3. The Balaban J connectivity index is 1.57.